The Morgan fingerprint density at radius 1 is 1.04 bits per heavy atom. The normalized spacial score (nSPS) is 11.0. The highest BCUT2D eigenvalue weighted by Gasteiger charge is 2.37. The van der Waals surface area contributed by atoms with E-state index in [1.807, 2.05) is 54.6 Å². The summed E-state index contributed by atoms with van der Waals surface area (Å²) in [6.07, 6.45) is 3.63. The van der Waals surface area contributed by atoms with Crippen molar-refractivity contribution in [3.8, 4) is 0 Å². The first-order chi connectivity index (χ1) is 12.0. The maximum atomic E-state index is 11.7. The van der Waals surface area contributed by atoms with E-state index in [0.717, 1.165) is 11.4 Å². The van der Waals surface area contributed by atoms with Crippen molar-refractivity contribution < 1.29 is 4.79 Å². The van der Waals surface area contributed by atoms with Crippen LogP contribution in [0, 0.1) is 0 Å². The molecule has 0 aliphatic rings. The van der Waals surface area contributed by atoms with Crippen LogP contribution in [0.1, 0.15) is 6.92 Å². The van der Waals surface area contributed by atoms with Gasteiger partial charge in [-0.15, -0.1) is 0 Å². The van der Waals surface area contributed by atoms with Crippen molar-refractivity contribution in [2.24, 2.45) is 0 Å². The lowest BCUT2D eigenvalue weighted by atomic mass is 10.1. The van der Waals surface area contributed by atoms with Crippen LogP contribution in [0.25, 0.3) is 0 Å². The van der Waals surface area contributed by atoms with Gasteiger partial charge < -0.3 is 5.32 Å². The number of rotatable bonds is 7. The van der Waals surface area contributed by atoms with Crippen molar-refractivity contribution in [2.75, 3.05) is 18.4 Å². The van der Waals surface area contributed by atoms with Gasteiger partial charge in [-0.1, -0.05) is 54.6 Å². The first-order valence-electron chi connectivity index (χ1n) is 7.87. The quantitative estimate of drug-likeness (QED) is 0.469. The minimum Gasteiger partial charge on any atom is -0.321 e. The number of benzene rings is 2. The number of quaternary nitrogens is 1. The lowest BCUT2D eigenvalue weighted by Crippen LogP contribution is -2.45. The van der Waals surface area contributed by atoms with Crippen LogP contribution in [0.3, 0.4) is 0 Å². The number of amides is 1. The first kappa shape index (κ1) is 19.3. The van der Waals surface area contributed by atoms with Gasteiger partial charge in [-0.3, -0.25) is 4.79 Å². The molecule has 2 rings (SSSR count). The Balaban J connectivity index is 2.84. The Morgan fingerprint density at radius 2 is 1.60 bits per heavy atom. The molecule has 0 fully saturated rings. The van der Waals surface area contributed by atoms with Crippen LogP contribution in [0.5, 0.6) is 0 Å². The van der Waals surface area contributed by atoms with Crippen LogP contribution in [0.2, 0.25) is 10.0 Å². The predicted octanol–water partition coefficient (Wildman–Crippen LogP) is 5.96. The molecule has 2 aromatic carbocycles. The van der Waals surface area contributed by atoms with E-state index in [1.165, 1.54) is 6.92 Å². The molecule has 130 valence electrons. The topological polar surface area (TPSA) is 29.1 Å². The summed E-state index contributed by atoms with van der Waals surface area (Å²) in [5.41, 5.74) is 2.32. The number of para-hydroxylation sites is 3. The van der Waals surface area contributed by atoms with E-state index in [9.17, 15) is 4.79 Å². The average Bonchev–Trinajstić information content (AvgIpc) is 2.55. The number of hydrogen-bond acceptors (Lipinski definition) is 1. The molecular formula is C20H21Cl2N2O+. The van der Waals surface area contributed by atoms with Crippen molar-refractivity contribution >= 4 is 46.2 Å². The van der Waals surface area contributed by atoms with Crippen molar-refractivity contribution in [1.29, 1.82) is 0 Å². The third kappa shape index (κ3) is 3.96. The molecule has 0 bridgehead atoms. The van der Waals surface area contributed by atoms with Gasteiger partial charge in [0.25, 0.3) is 0 Å². The Hall–Kier alpha value is -2.07. The fourth-order valence-electron chi connectivity index (χ4n) is 3.06. The van der Waals surface area contributed by atoms with Gasteiger partial charge in [0.15, 0.2) is 11.4 Å². The molecule has 0 radical (unpaired) electrons. The molecule has 3 nitrogen and oxygen atoms in total. The summed E-state index contributed by atoms with van der Waals surface area (Å²) in [6, 6.07) is 13.0. The summed E-state index contributed by atoms with van der Waals surface area (Å²) < 4.78 is 0.280. The number of nitrogens with one attached hydrogen (secondary N) is 1. The van der Waals surface area contributed by atoms with Gasteiger partial charge >= 0.3 is 0 Å². The maximum absolute atomic E-state index is 11.7. The second-order valence-corrected chi connectivity index (χ2v) is 6.49. The third-order valence-corrected chi connectivity index (χ3v) is 4.53. The van der Waals surface area contributed by atoms with Crippen molar-refractivity contribution in [1.82, 2.24) is 4.48 Å². The zero-order valence-electron chi connectivity index (χ0n) is 14.1. The summed E-state index contributed by atoms with van der Waals surface area (Å²) >= 11 is 13.1. The van der Waals surface area contributed by atoms with Gasteiger partial charge in [-0.2, -0.15) is 0 Å². The molecule has 0 aromatic heterocycles. The highest BCUT2D eigenvalue weighted by molar-refractivity contribution is 6.39. The Morgan fingerprint density at radius 3 is 2.12 bits per heavy atom. The van der Waals surface area contributed by atoms with Crippen molar-refractivity contribution in [3.05, 3.63) is 77.8 Å². The molecule has 25 heavy (non-hydrogen) atoms. The Labute approximate surface area is 158 Å². The first-order valence-corrected chi connectivity index (χ1v) is 8.62. The SMILES string of the molecule is C=CC[N+](CC=C)(c1ccccc1NC(C)=O)c1c(Cl)cccc1Cl. The fourth-order valence-corrected chi connectivity index (χ4v) is 3.78. The van der Waals surface area contributed by atoms with Gasteiger partial charge in [0.1, 0.15) is 28.8 Å². The largest absolute Gasteiger partial charge is 0.321 e. The molecule has 5 heteroatoms. The van der Waals surface area contributed by atoms with Crippen LogP contribution in [0.4, 0.5) is 17.1 Å². The zero-order chi connectivity index (χ0) is 18.4. The summed E-state index contributed by atoms with van der Waals surface area (Å²) in [4.78, 5) is 11.7. The highest BCUT2D eigenvalue weighted by atomic mass is 35.5. The number of nitrogens with zero attached hydrogens (tertiary/aromatic N) is 1. The highest BCUT2D eigenvalue weighted by Crippen LogP contribution is 2.46. The Bertz CT molecular complexity index is 772. The molecule has 0 atom stereocenters. The molecule has 0 saturated heterocycles. The molecule has 1 N–H and O–H groups in total. The van der Waals surface area contributed by atoms with Gasteiger partial charge in [-0.25, -0.2) is 4.48 Å². The van der Waals surface area contributed by atoms with Crippen molar-refractivity contribution in [3.63, 3.8) is 0 Å². The standard InChI is InChI=1S/C20H20Cl2N2O/c1-4-13-24(14-5-2,20-16(21)9-8-10-17(20)22)19-12-7-6-11-18(19)23-15(3)25/h4-12H,1-2,13-14H2,3H3/p+1. The number of anilines is 1. The number of hydrogen-bond donors (Lipinski definition) is 1. The van der Waals surface area contributed by atoms with Crippen molar-refractivity contribution in [2.45, 2.75) is 6.92 Å². The van der Waals surface area contributed by atoms with Crippen LogP contribution in [-0.2, 0) is 4.79 Å². The fraction of sp³-hybridized carbons (Fsp3) is 0.150. The number of carbonyl (C=O) groups excluding carboxylic acids is 1. The summed E-state index contributed by atoms with van der Waals surface area (Å²) in [7, 11) is 0. The monoisotopic (exact) mass is 375 g/mol. The van der Waals surface area contributed by atoms with Gasteiger partial charge in [0.05, 0.1) is 0 Å². The van der Waals surface area contributed by atoms with E-state index in [2.05, 4.69) is 18.5 Å². The van der Waals surface area contributed by atoms with Crippen LogP contribution < -0.4 is 9.80 Å². The maximum Gasteiger partial charge on any atom is 0.221 e. The molecule has 1 amide bonds. The van der Waals surface area contributed by atoms with Gasteiger partial charge in [-0.05, 0) is 30.4 Å². The van der Waals surface area contributed by atoms with E-state index < -0.39 is 0 Å². The zero-order valence-corrected chi connectivity index (χ0v) is 15.6. The van der Waals surface area contributed by atoms with Gasteiger partial charge in [0.2, 0.25) is 5.91 Å². The smallest absolute Gasteiger partial charge is 0.221 e. The Kier molecular flexibility index (Phi) is 6.43. The van der Waals surface area contributed by atoms with Crippen LogP contribution in [-0.4, -0.2) is 19.0 Å². The van der Waals surface area contributed by atoms with E-state index in [1.54, 1.807) is 0 Å². The molecule has 0 unspecified atom stereocenters. The second-order valence-electron chi connectivity index (χ2n) is 5.68. The molecule has 2 aromatic rings. The minimum atomic E-state index is -0.145. The van der Waals surface area contributed by atoms with E-state index in [0.29, 0.717) is 28.8 Å². The van der Waals surface area contributed by atoms with Crippen LogP contribution in [0.15, 0.2) is 67.8 Å². The summed E-state index contributed by atoms with van der Waals surface area (Å²) in [5, 5.41) is 3.99. The number of halogens is 2. The molecular weight excluding hydrogens is 355 g/mol. The van der Waals surface area contributed by atoms with E-state index in [4.69, 9.17) is 23.2 Å². The summed E-state index contributed by atoms with van der Waals surface area (Å²) in [6.45, 7) is 10.4. The molecule has 0 saturated carbocycles. The molecule has 0 aliphatic carbocycles. The molecule has 0 spiro atoms. The number of carbonyl (C=O) groups is 1. The lowest BCUT2D eigenvalue weighted by Gasteiger charge is -2.38. The molecule has 0 heterocycles. The third-order valence-electron chi connectivity index (χ3n) is 3.92. The summed E-state index contributed by atoms with van der Waals surface area (Å²) in [5.74, 6) is -0.145. The lowest BCUT2D eigenvalue weighted by molar-refractivity contribution is -0.114. The van der Waals surface area contributed by atoms with Crippen LogP contribution >= 0.6 is 23.2 Å². The molecule has 0 aliphatic heterocycles. The second kappa shape index (κ2) is 8.34. The average molecular weight is 376 g/mol. The predicted molar refractivity (Wildman–Crippen MR) is 109 cm³/mol. The van der Waals surface area contributed by atoms with Gasteiger partial charge in [0, 0.05) is 13.0 Å². The van der Waals surface area contributed by atoms with E-state index >= 15 is 0 Å². The van der Waals surface area contributed by atoms with E-state index in [-0.39, 0.29) is 10.4 Å². The minimum absolute atomic E-state index is 0.145.